The summed E-state index contributed by atoms with van der Waals surface area (Å²) < 4.78 is 31.9. The fraction of sp³-hybridized carbons (Fsp3) is 1.00. The molecule has 2 spiro atoms. The maximum absolute atomic E-state index is 12.2. The van der Waals surface area contributed by atoms with Crippen molar-refractivity contribution in [1.82, 2.24) is 0 Å². The number of aliphatic hydroxyl groups is 9. The second-order valence-corrected chi connectivity index (χ2v) is 21.1. The van der Waals surface area contributed by atoms with Gasteiger partial charge in [-0.2, -0.15) is 0 Å². The van der Waals surface area contributed by atoms with E-state index in [0.717, 1.165) is 32.1 Å². The molecule has 316 valence electrons. The van der Waals surface area contributed by atoms with Crippen LogP contribution >= 0.6 is 0 Å². The third-order valence-corrected chi connectivity index (χ3v) is 17.6. The Balaban J connectivity index is 1.15. The molecule has 0 aromatic rings. The van der Waals surface area contributed by atoms with E-state index in [0.29, 0.717) is 25.7 Å². The van der Waals surface area contributed by atoms with Gasteiger partial charge in [-0.3, -0.25) is 0 Å². The van der Waals surface area contributed by atoms with Crippen molar-refractivity contribution in [2.75, 3.05) is 13.2 Å². The molecule has 0 unspecified atom stereocenters. The molecule has 8 aliphatic rings. The van der Waals surface area contributed by atoms with Gasteiger partial charge in [0, 0.05) is 5.92 Å². The van der Waals surface area contributed by atoms with Gasteiger partial charge in [-0.15, -0.1) is 0 Å². The molecule has 5 saturated carbocycles. The molecule has 0 radical (unpaired) electrons. The number of aliphatic hydroxyl groups excluding tert-OH is 8. The number of ether oxygens (including phenoxy) is 5. The van der Waals surface area contributed by atoms with Crippen LogP contribution in [-0.4, -0.2) is 150 Å². The van der Waals surface area contributed by atoms with Crippen molar-refractivity contribution in [2.24, 2.45) is 44.8 Å². The van der Waals surface area contributed by atoms with Crippen molar-refractivity contribution < 1.29 is 69.6 Å². The maximum Gasteiger partial charge on any atom is 0.186 e. The minimum absolute atomic E-state index is 0.0633. The Hall–Kier alpha value is -0.560. The van der Waals surface area contributed by atoms with Crippen molar-refractivity contribution in [3.63, 3.8) is 0 Å². The molecule has 5 aliphatic carbocycles. The molecule has 3 heterocycles. The highest BCUT2D eigenvalue weighted by molar-refractivity contribution is 5.33. The number of hydrogen-bond donors (Lipinski definition) is 9. The standard InChI is InChI=1S/C41H68O14/c1-35(2)24(54-33-29(48)26(45)20(44)17-51-33)9-11-41-18-40(41)13-12-37(5)31(39(7)10-8-25(55-39)36(3,4)50)19(43)15-38(37,6)23(40)14-21(32(35)41)52-34-30(49)28(47)27(46)22(16-42)53-34/h19-34,42-50H,8-18H2,1-7H3/t19-,20+,21-,22+,23-,24-,25-,26-,27+,28-,29+,30+,31-,32+,33-,34+,37+,38+,39+,40+,41+/m0/s1. The van der Waals surface area contributed by atoms with Crippen LogP contribution in [0, 0.1) is 44.8 Å². The molecule has 3 saturated heterocycles. The Morgan fingerprint density at radius 2 is 1.40 bits per heavy atom. The van der Waals surface area contributed by atoms with Crippen molar-refractivity contribution in [2.45, 2.75) is 197 Å². The second kappa shape index (κ2) is 13.2. The second-order valence-electron chi connectivity index (χ2n) is 21.1. The van der Waals surface area contributed by atoms with Gasteiger partial charge >= 0.3 is 0 Å². The summed E-state index contributed by atoms with van der Waals surface area (Å²) >= 11 is 0. The summed E-state index contributed by atoms with van der Waals surface area (Å²) in [6, 6.07) is 0. The van der Waals surface area contributed by atoms with E-state index in [4.69, 9.17) is 23.7 Å². The van der Waals surface area contributed by atoms with Gasteiger partial charge in [0.15, 0.2) is 12.6 Å². The van der Waals surface area contributed by atoms with E-state index in [-0.39, 0.29) is 52.1 Å². The van der Waals surface area contributed by atoms with Gasteiger partial charge in [-0.05, 0) is 117 Å². The summed E-state index contributed by atoms with van der Waals surface area (Å²) in [7, 11) is 0. The zero-order valence-corrected chi connectivity index (χ0v) is 33.6. The third-order valence-electron chi connectivity index (χ3n) is 17.6. The van der Waals surface area contributed by atoms with Crippen LogP contribution in [0.25, 0.3) is 0 Å². The molecule has 9 N–H and O–H groups in total. The number of hydrogen-bond acceptors (Lipinski definition) is 14. The van der Waals surface area contributed by atoms with Crippen molar-refractivity contribution >= 4 is 0 Å². The lowest BCUT2D eigenvalue weighted by molar-refractivity contribution is -0.339. The summed E-state index contributed by atoms with van der Waals surface area (Å²) in [5, 5.41) is 97.2. The molecule has 21 atom stereocenters. The smallest absolute Gasteiger partial charge is 0.186 e. The van der Waals surface area contributed by atoms with Crippen LogP contribution in [0.15, 0.2) is 0 Å². The minimum atomic E-state index is -1.60. The van der Waals surface area contributed by atoms with Crippen LogP contribution in [0.5, 0.6) is 0 Å². The molecule has 0 amide bonds. The summed E-state index contributed by atoms with van der Waals surface area (Å²) in [4.78, 5) is 0. The van der Waals surface area contributed by atoms with E-state index in [2.05, 4.69) is 34.6 Å². The van der Waals surface area contributed by atoms with E-state index >= 15 is 0 Å². The molecule has 0 aromatic heterocycles. The average molecular weight is 785 g/mol. The Bertz CT molecular complexity index is 1460. The van der Waals surface area contributed by atoms with Gasteiger partial charge in [0.2, 0.25) is 0 Å². The lowest BCUT2D eigenvalue weighted by atomic mass is 9.41. The Morgan fingerprint density at radius 1 is 0.709 bits per heavy atom. The molecule has 55 heavy (non-hydrogen) atoms. The predicted molar refractivity (Wildman–Crippen MR) is 194 cm³/mol. The van der Waals surface area contributed by atoms with Crippen LogP contribution in [0.3, 0.4) is 0 Å². The van der Waals surface area contributed by atoms with Gasteiger partial charge in [0.05, 0.1) is 48.8 Å². The van der Waals surface area contributed by atoms with Gasteiger partial charge in [0.25, 0.3) is 0 Å². The first-order valence-electron chi connectivity index (χ1n) is 20.9. The number of fused-ring (bicyclic) bond motifs is 2. The van der Waals surface area contributed by atoms with E-state index in [1.54, 1.807) is 13.8 Å². The molecular formula is C41H68O14. The monoisotopic (exact) mass is 784 g/mol. The normalized spacial score (nSPS) is 58.7. The van der Waals surface area contributed by atoms with E-state index in [1.807, 2.05) is 0 Å². The van der Waals surface area contributed by atoms with Crippen molar-refractivity contribution in [3.05, 3.63) is 0 Å². The van der Waals surface area contributed by atoms with E-state index in [9.17, 15) is 46.0 Å². The summed E-state index contributed by atoms with van der Waals surface area (Å²) in [5.74, 6) is -0.215. The SMILES string of the molecule is CC(C)(O)[C@@H]1CC[C@](C)([C@H]2[C@@H](O)C[C@]3(C)[C@@H]4C[C@H](O[C@@H]5O[C@H](CO)[C@@H](O)[C@H](O)[C@H]5O)[C@@H]5C(C)(C)[C@@H](O[C@@H]6OC[C@@H](O)[C@H](O)[C@H]6O)CC[C@@]56C[C@]46CC[C@]23C)O1. The molecule has 14 nitrogen and oxygen atoms in total. The van der Waals surface area contributed by atoms with Crippen LogP contribution in [0.1, 0.15) is 106 Å². The Kier molecular flexibility index (Phi) is 9.90. The van der Waals surface area contributed by atoms with E-state index < -0.39 is 96.8 Å². The molecule has 0 aromatic carbocycles. The summed E-state index contributed by atoms with van der Waals surface area (Å²) in [6.07, 6.45) is -7.48. The average Bonchev–Trinajstić information content (AvgIpc) is 3.47. The number of rotatable bonds is 7. The van der Waals surface area contributed by atoms with Crippen LogP contribution < -0.4 is 0 Å². The lowest BCUT2D eigenvalue weighted by Crippen LogP contribution is -2.65. The highest BCUT2D eigenvalue weighted by Gasteiger charge is 2.85. The third kappa shape index (κ3) is 5.70. The quantitative estimate of drug-likeness (QED) is 0.162. The highest BCUT2D eigenvalue weighted by Crippen LogP contribution is 2.89. The molecular weight excluding hydrogens is 716 g/mol. The predicted octanol–water partition coefficient (Wildman–Crippen LogP) is 0.724. The topological polar surface area (TPSA) is 228 Å². The summed E-state index contributed by atoms with van der Waals surface area (Å²) in [6.45, 7) is 13.8. The Morgan fingerprint density at radius 3 is 2.05 bits per heavy atom. The van der Waals surface area contributed by atoms with Crippen LogP contribution in [-0.2, 0) is 23.7 Å². The fourth-order valence-corrected chi connectivity index (χ4v) is 14.9. The highest BCUT2D eigenvalue weighted by atomic mass is 16.7. The summed E-state index contributed by atoms with van der Waals surface area (Å²) in [5.41, 5.74) is -3.16. The van der Waals surface area contributed by atoms with Crippen molar-refractivity contribution in [3.8, 4) is 0 Å². The molecule has 8 rings (SSSR count). The zero-order valence-electron chi connectivity index (χ0n) is 33.6. The molecule has 8 fully saturated rings. The van der Waals surface area contributed by atoms with Gasteiger partial charge in [-0.25, -0.2) is 0 Å². The van der Waals surface area contributed by atoms with Crippen LogP contribution in [0.2, 0.25) is 0 Å². The Labute approximate surface area is 324 Å². The molecule has 0 bridgehead atoms. The minimum Gasteiger partial charge on any atom is -0.394 e. The van der Waals surface area contributed by atoms with Crippen LogP contribution in [0.4, 0.5) is 0 Å². The lowest BCUT2D eigenvalue weighted by Gasteiger charge is -2.65. The van der Waals surface area contributed by atoms with Crippen molar-refractivity contribution in [1.29, 1.82) is 0 Å². The maximum atomic E-state index is 12.2. The van der Waals surface area contributed by atoms with E-state index in [1.165, 1.54) is 0 Å². The zero-order chi connectivity index (χ0) is 40.1. The first-order valence-corrected chi connectivity index (χ1v) is 20.9. The fourth-order valence-electron chi connectivity index (χ4n) is 14.9. The molecule has 3 aliphatic heterocycles. The first-order chi connectivity index (χ1) is 25.5. The van der Waals surface area contributed by atoms with Gasteiger partial charge < -0.3 is 69.6 Å². The largest absolute Gasteiger partial charge is 0.394 e. The molecule has 14 heteroatoms. The van der Waals surface area contributed by atoms with Gasteiger partial charge in [-0.1, -0.05) is 27.7 Å². The van der Waals surface area contributed by atoms with Gasteiger partial charge in [0.1, 0.15) is 42.7 Å². The first kappa shape index (κ1) is 41.2.